The number of rotatable bonds is 4. The summed E-state index contributed by atoms with van der Waals surface area (Å²) in [6.07, 6.45) is 0. The fraction of sp³-hybridized carbons (Fsp3) is 0.167. The topological polar surface area (TPSA) is 89.9 Å². The number of benzene rings is 1. The molecule has 0 unspecified atom stereocenters. The quantitative estimate of drug-likeness (QED) is 0.510. The molecule has 0 radical (unpaired) electrons. The van der Waals surface area contributed by atoms with Gasteiger partial charge in [0.2, 0.25) is 5.82 Å². The minimum atomic E-state index is -0.691. The highest BCUT2D eigenvalue weighted by Crippen LogP contribution is 2.27. The molecule has 1 aliphatic heterocycles. The molecule has 0 saturated heterocycles. The first kappa shape index (κ1) is 17.6. The molecule has 5 rings (SSSR count). The number of carbonyl (C=O) groups is 1. The van der Waals surface area contributed by atoms with Gasteiger partial charge in [-0.05, 0) is 29.1 Å². The summed E-state index contributed by atoms with van der Waals surface area (Å²) < 4.78 is 33.7. The lowest BCUT2D eigenvalue weighted by Crippen LogP contribution is -2.40. The number of thiophene rings is 1. The second-order valence-corrected chi connectivity index (χ2v) is 7.23. The molecule has 8 nitrogen and oxygen atoms in total. The van der Waals surface area contributed by atoms with Crippen molar-refractivity contribution in [2.24, 2.45) is 0 Å². The van der Waals surface area contributed by atoms with Crippen LogP contribution in [0.1, 0.15) is 16.1 Å². The molecule has 11 heteroatoms. The van der Waals surface area contributed by atoms with E-state index in [1.807, 2.05) is 16.8 Å². The van der Waals surface area contributed by atoms with Crippen LogP contribution in [0.4, 0.5) is 8.78 Å². The number of aromatic nitrogens is 5. The van der Waals surface area contributed by atoms with Crippen LogP contribution in [-0.2, 0) is 13.1 Å². The maximum Gasteiger partial charge on any atom is 0.281 e. The first-order chi connectivity index (χ1) is 14.1. The van der Waals surface area contributed by atoms with Crippen molar-refractivity contribution in [1.82, 2.24) is 30.0 Å². The summed E-state index contributed by atoms with van der Waals surface area (Å²) in [4.78, 5) is 18.8. The molecule has 29 heavy (non-hydrogen) atoms. The third kappa shape index (κ3) is 3.18. The van der Waals surface area contributed by atoms with Gasteiger partial charge in [-0.3, -0.25) is 4.79 Å². The molecule has 0 saturated carbocycles. The summed E-state index contributed by atoms with van der Waals surface area (Å²) in [5.41, 5.74) is 1.54. The third-order valence-electron chi connectivity index (χ3n) is 4.51. The molecule has 0 N–H and O–H groups in total. The molecule has 4 aromatic rings. The normalized spacial score (nSPS) is 13.7. The molecule has 1 aromatic carbocycles. The average Bonchev–Trinajstić information content (AvgIpc) is 3.43. The second-order valence-electron chi connectivity index (χ2n) is 6.45. The number of halogens is 2. The van der Waals surface area contributed by atoms with Crippen LogP contribution in [0.2, 0.25) is 0 Å². The first-order valence-electron chi connectivity index (χ1n) is 8.63. The standard InChI is InChI=1S/C18H12F2N6O2S/c19-12-5-10(6-13(20)7-12)8-25-2-3-26-15(18(25)27)14(22-24-26)17-21-16(23-28-17)11-1-4-29-9-11/h1,4-7,9H,2-3,8H2. The highest BCUT2D eigenvalue weighted by atomic mass is 32.1. The summed E-state index contributed by atoms with van der Waals surface area (Å²) in [5, 5.41) is 15.7. The molecular formula is C18H12F2N6O2S. The average molecular weight is 414 g/mol. The van der Waals surface area contributed by atoms with E-state index in [9.17, 15) is 13.6 Å². The Hall–Kier alpha value is -3.47. The number of fused-ring (bicyclic) bond motifs is 1. The van der Waals surface area contributed by atoms with Crippen LogP contribution < -0.4 is 0 Å². The van der Waals surface area contributed by atoms with Gasteiger partial charge in [0.05, 0.1) is 6.54 Å². The SMILES string of the molecule is O=C1c2c(-c3nc(-c4ccsc4)no3)nnn2CCN1Cc1cc(F)cc(F)c1. The fourth-order valence-electron chi connectivity index (χ4n) is 3.19. The number of hydrogen-bond donors (Lipinski definition) is 0. The van der Waals surface area contributed by atoms with Crippen LogP contribution in [-0.4, -0.2) is 42.5 Å². The summed E-state index contributed by atoms with van der Waals surface area (Å²) in [6, 6.07) is 5.05. The van der Waals surface area contributed by atoms with Crippen LogP contribution in [0, 0.1) is 11.6 Å². The van der Waals surface area contributed by atoms with Crippen LogP contribution in [0.25, 0.3) is 23.0 Å². The van der Waals surface area contributed by atoms with Crippen molar-refractivity contribution in [3.8, 4) is 23.0 Å². The van der Waals surface area contributed by atoms with E-state index in [4.69, 9.17) is 4.52 Å². The predicted octanol–water partition coefficient (Wildman–Crippen LogP) is 2.99. The van der Waals surface area contributed by atoms with Crippen molar-refractivity contribution in [3.05, 3.63) is 57.9 Å². The molecule has 1 aliphatic rings. The van der Waals surface area contributed by atoms with Crippen molar-refractivity contribution in [2.45, 2.75) is 13.1 Å². The lowest BCUT2D eigenvalue weighted by atomic mass is 10.1. The van der Waals surface area contributed by atoms with Gasteiger partial charge in [-0.25, -0.2) is 13.5 Å². The van der Waals surface area contributed by atoms with Crippen molar-refractivity contribution in [2.75, 3.05) is 6.54 Å². The van der Waals surface area contributed by atoms with E-state index in [1.165, 1.54) is 33.1 Å². The van der Waals surface area contributed by atoms with Gasteiger partial charge in [0.1, 0.15) is 11.6 Å². The Morgan fingerprint density at radius 2 is 2.00 bits per heavy atom. The molecule has 3 aromatic heterocycles. The second kappa shape index (κ2) is 6.85. The zero-order valence-corrected chi connectivity index (χ0v) is 15.6. The molecule has 0 fully saturated rings. The molecule has 1 amide bonds. The van der Waals surface area contributed by atoms with Gasteiger partial charge in [0.25, 0.3) is 11.8 Å². The number of carbonyl (C=O) groups excluding carboxylic acids is 1. The Morgan fingerprint density at radius 1 is 1.17 bits per heavy atom. The van der Waals surface area contributed by atoms with Gasteiger partial charge in [0, 0.05) is 30.1 Å². The number of amides is 1. The molecule has 146 valence electrons. The van der Waals surface area contributed by atoms with E-state index < -0.39 is 11.6 Å². The van der Waals surface area contributed by atoms with Crippen LogP contribution in [0.15, 0.2) is 39.5 Å². The summed E-state index contributed by atoms with van der Waals surface area (Å²) >= 11 is 1.50. The Bertz CT molecular complexity index is 1180. The number of nitrogens with zero attached hydrogens (tertiary/aromatic N) is 6. The van der Waals surface area contributed by atoms with Crippen molar-refractivity contribution in [3.63, 3.8) is 0 Å². The zero-order chi connectivity index (χ0) is 20.0. The maximum atomic E-state index is 13.5. The lowest BCUT2D eigenvalue weighted by molar-refractivity contribution is 0.0683. The van der Waals surface area contributed by atoms with E-state index in [-0.39, 0.29) is 29.7 Å². The molecule has 0 spiro atoms. The van der Waals surface area contributed by atoms with E-state index in [1.54, 1.807) is 0 Å². The molecule has 0 bridgehead atoms. The van der Waals surface area contributed by atoms with E-state index in [0.717, 1.165) is 11.6 Å². The van der Waals surface area contributed by atoms with E-state index in [2.05, 4.69) is 20.5 Å². The predicted molar refractivity (Wildman–Crippen MR) is 97.7 cm³/mol. The van der Waals surface area contributed by atoms with Gasteiger partial charge in [-0.15, -0.1) is 5.10 Å². The van der Waals surface area contributed by atoms with Crippen LogP contribution in [0.3, 0.4) is 0 Å². The maximum absolute atomic E-state index is 13.5. The first-order valence-corrected chi connectivity index (χ1v) is 9.57. The smallest absolute Gasteiger partial charge is 0.281 e. The number of hydrogen-bond acceptors (Lipinski definition) is 7. The van der Waals surface area contributed by atoms with Crippen molar-refractivity contribution < 1.29 is 18.1 Å². The van der Waals surface area contributed by atoms with Gasteiger partial charge in [-0.1, -0.05) is 10.4 Å². The Morgan fingerprint density at radius 3 is 2.76 bits per heavy atom. The molecule has 4 heterocycles. The van der Waals surface area contributed by atoms with Crippen molar-refractivity contribution >= 4 is 17.2 Å². The summed E-state index contributed by atoms with van der Waals surface area (Å²) in [7, 11) is 0. The van der Waals surface area contributed by atoms with Crippen LogP contribution in [0.5, 0.6) is 0 Å². The minimum absolute atomic E-state index is 0.0577. The fourth-order valence-corrected chi connectivity index (χ4v) is 3.83. The van der Waals surface area contributed by atoms with Gasteiger partial charge in [-0.2, -0.15) is 16.3 Å². The Balaban J connectivity index is 1.45. The third-order valence-corrected chi connectivity index (χ3v) is 5.19. The summed E-state index contributed by atoms with van der Waals surface area (Å²) in [5.74, 6) is -1.29. The van der Waals surface area contributed by atoms with Gasteiger partial charge < -0.3 is 9.42 Å². The molecule has 0 atom stereocenters. The molecular weight excluding hydrogens is 402 g/mol. The van der Waals surface area contributed by atoms with Gasteiger partial charge in [0.15, 0.2) is 11.4 Å². The highest BCUT2D eigenvalue weighted by Gasteiger charge is 2.32. The largest absolute Gasteiger partial charge is 0.332 e. The monoisotopic (exact) mass is 414 g/mol. The van der Waals surface area contributed by atoms with E-state index >= 15 is 0 Å². The Labute approximate surface area is 166 Å². The minimum Gasteiger partial charge on any atom is -0.332 e. The molecule has 0 aliphatic carbocycles. The Kier molecular flexibility index (Phi) is 4.16. The highest BCUT2D eigenvalue weighted by molar-refractivity contribution is 7.08. The van der Waals surface area contributed by atoms with Crippen molar-refractivity contribution in [1.29, 1.82) is 0 Å². The zero-order valence-electron chi connectivity index (χ0n) is 14.7. The summed E-state index contributed by atoms with van der Waals surface area (Å²) in [6.45, 7) is 0.774. The van der Waals surface area contributed by atoms with E-state index in [0.29, 0.717) is 24.5 Å². The lowest BCUT2D eigenvalue weighted by Gasteiger charge is -2.27. The van der Waals surface area contributed by atoms with Crippen LogP contribution >= 0.6 is 11.3 Å². The van der Waals surface area contributed by atoms with Gasteiger partial charge >= 0.3 is 0 Å².